The fourth-order valence-corrected chi connectivity index (χ4v) is 2.46. The summed E-state index contributed by atoms with van der Waals surface area (Å²) in [5, 5.41) is 19.0. The third-order valence-electron chi connectivity index (χ3n) is 2.78. The van der Waals surface area contributed by atoms with E-state index in [9.17, 15) is 36.5 Å². The molecule has 0 radical (unpaired) electrons. The van der Waals surface area contributed by atoms with E-state index in [1.165, 1.54) is 0 Å². The zero-order valence-electron chi connectivity index (χ0n) is 11.4. The average Bonchev–Trinajstić information content (AvgIpc) is 2.89. The summed E-state index contributed by atoms with van der Waals surface area (Å²) in [7, 11) is -5.71. The lowest BCUT2D eigenvalue weighted by Crippen LogP contribution is -2.23. The Balaban J connectivity index is 2.37. The summed E-state index contributed by atoms with van der Waals surface area (Å²) in [5.41, 5.74) is -7.32. The second-order valence-corrected chi connectivity index (χ2v) is 6.30. The number of nitrogens with zero attached hydrogens (tertiary/aromatic N) is 2. The molecule has 0 spiro atoms. The Labute approximate surface area is 130 Å². The molecule has 3 N–H and O–H groups in total. The molecule has 24 heavy (non-hydrogen) atoms. The van der Waals surface area contributed by atoms with Crippen molar-refractivity contribution in [1.29, 1.82) is 0 Å². The molecule has 0 atom stereocenters. The lowest BCUT2D eigenvalue weighted by Gasteiger charge is -2.10. The molecule has 0 fully saturated rings. The van der Waals surface area contributed by atoms with E-state index in [4.69, 9.17) is 0 Å². The van der Waals surface area contributed by atoms with Crippen LogP contribution in [0.2, 0.25) is 0 Å². The van der Waals surface area contributed by atoms with E-state index in [2.05, 4.69) is 15.4 Å². The zero-order valence-corrected chi connectivity index (χ0v) is 12.2. The van der Waals surface area contributed by atoms with Crippen molar-refractivity contribution in [1.82, 2.24) is 15.2 Å². The topological polar surface area (TPSA) is 151 Å². The van der Waals surface area contributed by atoms with Crippen LogP contribution in [0.4, 0.5) is 24.5 Å². The van der Waals surface area contributed by atoms with Crippen molar-refractivity contribution in [2.75, 3.05) is 5.32 Å². The predicted octanol–water partition coefficient (Wildman–Crippen LogP) is 0.912. The number of anilines is 1. The molecule has 1 aromatic heterocycles. The highest BCUT2D eigenvalue weighted by Crippen LogP contribution is 2.34. The second kappa shape index (κ2) is 5.95. The van der Waals surface area contributed by atoms with E-state index in [0.717, 1.165) is 6.07 Å². The maximum absolute atomic E-state index is 12.5. The third kappa shape index (κ3) is 3.37. The van der Waals surface area contributed by atoms with Gasteiger partial charge in [-0.15, -0.1) is 0 Å². The molecule has 0 aliphatic carbocycles. The maximum Gasteiger partial charge on any atom is 0.501 e. The van der Waals surface area contributed by atoms with Crippen LogP contribution in [0.15, 0.2) is 27.9 Å². The number of benzene rings is 1. The van der Waals surface area contributed by atoms with Crippen LogP contribution in [-0.4, -0.2) is 34.0 Å². The Bertz CT molecular complexity index is 933. The number of nitro benzene ring substituents is 1. The summed E-state index contributed by atoms with van der Waals surface area (Å²) in [5.74, 6) is 0.0845. The Morgan fingerprint density at radius 3 is 2.50 bits per heavy atom. The minimum absolute atomic E-state index is 0.0845. The largest absolute Gasteiger partial charge is 0.501 e. The summed E-state index contributed by atoms with van der Waals surface area (Å²) >= 11 is 0. The van der Waals surface area contributed by atoms with Gasteiger partial charge in [0.1, 0.15) is 11.5 Å². The minimum Gasteiger partial charge on any atom is -0.372 e. The molecule has 0 unspecified atom stereocenters. The number of aromatic amines is 2. The summed E-state index contributed by atoms with van der Waals surface area (Å²) in [6, 6.07) is 1.71. The van der Waals surface area contributed by atoms with Gasteiger partial charge in [-0.3, -0.25) is 15.1 Å². The highest BCUT2D eigenvalue weighted by molar-refractivity contribution is 7.92. The number of H-pyrrole nitrogens is 2. The Kier molecular flexibility index (Phi) is 4.33. The van der Waals surface area contributed by atoms with E-state index >= 15 is 0 Å². The van der Waals surface area contributed by atoms with Gasteiger partial charge < -0.3 is 5.32 Å². The first-order chi connectivity index (χ1) is 11.0. The molecule has 0 saturated carbocycles. The number of nitrogens with one attached hydrogen (secondary N) is 3. The first kappa shape index (κ1) is 17.5. The van der Waals surface area contributed by atoms with Crippen LogP contribution in [0, 0.1) is 10.1 Å². The van der Waals surface area contributed by atoms with E-state index in [1.54, 1.807) is 0 Å². The van der Waals surface area contributed by atoms with Gasteiger partial charge in [-0.05, 0) is 12.1 Å². The molecule has 2 rings (SSSR count). The van der Waals surface area contributed by atoms with Gasteiger partial charge >= 0.3 is 11.2 Å². The molecular formula is C10H8F3N5O5S. The number of sulfone groups is 1. The fourth-order valence-electron chi connectivity index (χ4n) is 1.68. The van der Waals surface area contributed by atoms with Gasteiger partial charge in [-0.25, -0.2) is 18.3 Å². The lowest BCUT2D eigenvalue weighted by molar-refractivity contribution is -0.384. The van der Waals surface area contributed by atoms with Crippen LogP contribution in [0.3, 0.4) is 0 Å². The number of nitro groups is 1. The summed E-state index contributed by atoms with van der Waals surface area (Å²) in [6.45, 7) is -0.190. The van der Waals surface area contributed by atoms with Gasteiger partial charge in [0.15, 0.2) is 0 Å². The molecule has 1 heterocycles. The van der Waals surface area contributed by atoms with Crippen molar-refractivity contribution in [3.05, 3.63) is 44.6 Å². The molecule has 0 aliphatic rings. The molecule has 0 aliphatic heterocycles. The van der Waals surface area contributed by atoms with Crippen molar-refractivity contribution in [3.8, 4) is 0 Å². The minimum atomic E-state index is -5.71. The first-order valence-electron chi connectivity index (χ1n) is 5.99. The number of hydrogen-bond acceptors (Lipinski definition) is 7. The average molecular weight is 367 g/mol. The van der Waals surface area contributed by atoms with Gasteiger partial charge in [-0.1, -0.05) is 0 Å². The van der Waals surface area contributed by atoms with Crippen molar-refractivity contribution in [2.45, 2.75) is 16.9 Å². The molecule has 130 valence electrons. The second-order valence-electron chi connectivity index (χ2n) is 4.36. The van der Waals surface area contributed by atoms with Crippen LogP contribution in [-0.2, 0) is 16.4 Å². The van der Waals surface area contributed by atoms with E-state index in [1.807, 2.05) is 5.10 Å². The van der Waals surface area contributed by atoms with Crippen LogP contribution in [0.25, 0.3) is 0 Å². The number of rotatable bonds is 5. The zero-order chi connectivity index (χ0) is 18.1. The predicted molar refractivity (Wildman–Crippen MR) is 72.9 cm³/mol. The molecule has 10 nitrogen and oxygen atoms in total. The van der Waals surface area contributed by atoms with E-state index in [0.29, 0.717) is 12.1 Å². The number of halogens is 3. The van der Waals surface area contributed by atoms with Gasteiger partial charge in [0.2, 0.25) is 0 Å². The summed E-state index contributed by atoms with van der Waals surface area (Å²) in [6.07, 6.45) is 0. The van der Waals surface area contributed by atoms with Crippen molar-refractivity contribution in [3.63, 3.8) is 0 Å². The molecule has 0 saturated heterocycles. The highest BCUT2D eigenvalue weighted by atomic mass is 32.2. The van der Waals surface area contributed by atoms with Crippen molar-refractivity contribution < 1.29 is 26.5 Å². The summed E-state index contributed by atoms with van der Waals surface area (Å²) < 4.78 is 60.1. The number of aromatic nitrogens is 3. The molecular weight excluding hydrogens is 359 g/mol. The van der Waals surface area contributed by atoms with E-state index in [-0.39, 0.29) is 18.1 Å². The molecule has 14 heteroatoms. The Morgan fingerprint density at radius 2 is 2.00 bits per heavy atom. The maximum atomic E-state index is 12.5. The Hall–Kier alpha value is -2.90. The highest BCUT2D eigenvalue weighted by Gasteiger charge is 2.47. The number of hydrogen-bond donors (Lipinski definition) is 3. The molecule has 2 aromatic rings. The molecule has 0 amide bonds. The molecule has 1 aromatic carbocycles. The lowest BCUT2D eigenvalue weighted by atomic mass is 10.2. The normalized spacial score (nSPS) is 12.1. The van der Waals surface area contributed by atoms with Gasteiger partial charge in [0.05, 0.1) is 16.4 Å². The van der Waals surface area contributed by atoms with Crippen LogP contribution >= 0.6 is 0 Å². The number of alkyl halides is 3. The third-order valence-corrected chi connectivity index (χ3v) is 4.26. The first-order valence-corrected chi connectivity index (χ1v) is 7.48. The van der Waals surface area contributed by atoms with Crippen LogP contribution in [0.5, 0.6) is 0 Å². The van der Waals surface area contributed by atoms with Crippen molar-refractivity contribution in [2.24, 2.45) is 0 Å². The van der Waals surface area contributed by atoms with Crippen molar-refractivity contribution >= 4 is 21.2 Å². The van der Waals surface area contributed by atoms with Crippen LogP contribution < -0.4 is 11.0 Å². The quantitative estimate of drug-likeness (QED) is 0.525. The monoisotopic (exact) mass is 367 g/mol. The molecule has 0 bridgehead atoms. The standard InChI is InChI=1S/C10H8F3N5O5S/c11-10(12,13)24(22,23)5-1-2-6(7(3-5)18(20)21)14-4-8-15-9(19)17-16-8/h1-3,14H,4H2,(H2,15,16,17,19). The smallest absolute Gasteiger partial charge is 0.372 e. The van der Waals surface area contributed by atoms with E-state index < -0.39 is 36.5 Å². The SMILES string of the molecule is O=c1[nH]nc(CNc2ccc(S(=O)(=O)C(F)(F)F)cc2[N+](=O)[O-])[nH]1. The summed E-state index contributed by atoms with van der Waals surface area (Å²) in [4.78, 5) is 21.8. The van der Waals surface area contributed by atoms with Crippen LogP contribution in [0.1, 0.15) is 5.82 Å². The Morgan fingerprint density at radius 1 is 1.33 bits per heavy atom. The fraction of sp³-hybridized carbons (Fsp3) is 0.200. The van der Waals surface area contributed by atoms with Gasteiger partial charge in [0.25, 0.3) is 15.5 Å². The van der Waals surface area contributed by atoms with Gasteiger partial charge in [-0.2, -0.15) is 18.3 Å². The van der Waals surface area contributed by atoms with Gasteiger partial charge in [0, 0.05) is 6.07 Å².